The standard InChI is InChI=1S/C17H16N2O2/c1-2-3-14-10-17(19-11-18-14)21-16-7-5-12-4-6-15(20)8-13(12)9-16/h4-11,20H,2-3H2,1H3. The maximum Gasteiger partial charge on any atom is 0.222 e. The summed E-state index contributed by atoms with van der Waals surface area (Å²) in [5, 5.41) is 11.5. The van der Waals surface area contributed by atoms with Gasteiger partial charge in [0.25, 0.3) is 0 Å². The van der Waals surface area contributed by atoms with Crippen LogP contribution in [0, 0.1) is 0 Å². The van der Waals surface area contributed by atoms with Crippen molar-refractivity contribution < 1.29 is 9.84 Å². The molecule has 4 nitrogen and oxygen atoms in total. The van der Waals surface area contributed by atoms with Gasteiger partial charge >= 0.3 is 0 Å². The molecule has 0 radical (unpaired) electrons. The van der Waals surface area contributed by atoms with Crippen molar-refractivity contribution in [2.24, 2.45) is 0 Å². The van der Waals surface area contributed by atoms with Crippen LogP contribution in [0.15, 0.2) is 48.8 Å². The third-order valence-corrected chi connectivity index (χ3v) is 3.22. The van der Waals surface area contributed by atoms with Crippen LogP contribution in [0.3, 0.4) is 0 Å². The molecule has 0 bridgehead atoms. The van der Waals surface area contributed by atoms with Gasteiger partial charge in [0.05, 0.1) is 0 Å². The Hall–Kier alpha value is -2.62. The molecule has 3 aromatic rings. The van der Waals surface area contributed by atoms with Crippen molar-refractivity contribution >= 4 is 10.8 Å². The van der Waals surface area contributed by atoms with Crippen LogP contribution in [-0.2, 0) is 6.42 Å². The number of hydrogen-bond donors (Lipinski definition) is 1. The number of phenolic OH excluding ortho intramolecular Hbond substituents is 1. The second-order valence-electron chi connectivity index (χ2n) is 4.89. The molecule has 0 aliphatic rings. The average molecular weight is 280 g/mol. The quantitative estimate of drug-likeness (QED) is 0.782. The molecule has 0 spiro atoms. The second kappa shape index (κ2) is 5.79. The number of ether oxygens (including phenoxy) is 1. The van der Waals surface area contributed by atoms with E-state index >= 15 is 0 Å². The van der Waals surface area contributed by atoms with Crippen LogP contribution in [0.1, 0.15) is 19.0 Å². The third kappa shape index (κ3) is 3.11. The highest BCUT2D eigenvalue weighted by Crippen LogP contribution is 2.27. The zero-order valence-electron chi connectivity index (χ0n) is 11.8. The van der Waals surface area contributed by atoms with Crippen molar-refractivity contribution in [2.45, 2.75) is 19.8 Å². The van der Waals surface area contributed by atoms with E-state index in [4.69, 9.17) is 4.74 Å². The number of fused-ring (bicyclic) bond motifs is 1. The molecule has 0 saturated heterocycles. The molecule has 3 rings (SSSR count). The molecule has 0 unspecified atom stereocenters. The number of rotatable bonds is 4. The van der Waals surface area contributed by atoms with E-state index in [0.717, 1.165) is 29.3 Å². The molecule has 106 valence electrons. The molecule has 1 N–H and O–H groups in total. The van der Waals surface area contributed by atoms with Crippen molar-refractivity contribution in [1.29, 1.82) is 0 Å². The van der Waals surface area contributed by atoms with Crippen LogP contribution in [0.2, 0.25) is 0 Å². The number of phenols is 1. The van der Waals surface area contributed by atoms with Gasteiger partial charge in [0, 0.05) is 11.8 Å². The molecule has 0 saturated carbocycles. The van der Waals surface area contributed by atoms with E-state index < -0.39 is 0 Å². The van der Waals surface area contributed by atoms with E-state index in [9.17, 15) is 5.11 Å². The highest BCUT2D eigenvalue weighted by Gasteiger charge is 2.03. The maximum absolute atomic E-state index is 9.54. The Kier molecular flexibility index (Phi) is 3.69. The third-order valence-electron chi connectivity index (χ3n) is 3.22. The molecule has 0 fully saturated rings. The van der Waals surface area contributed by atoms with Gasteiger partial charge in [0.2, 0.25) is 5.88 Å². The lowest BCUT2D eigenvalue weighted by Crippen LogP contribution is -1.94. The predicted octanol–water partition coefficient (Wildman–Crippen LogP) is 4.08. The first-order valence-corrected chi connectivity index (χ1v) is 6.96. The lowest BCUT2D eigenvalue weighted by molar-refractivity contribution is 0.460. The first-order valence-electron chi connectivity index (χ1n) is 6.96. The molecule has 0 aliphatic heterocycles. The molecule has 2 aromatic carbocycles. The Bertz CT molecular complexity index is 772. The molecule has 4 heteroatoms. The summed E-state index contributed by atoms with van der Waals surface area (Å²) in [4.78, 5) is 8.34. The number of benzene rings is 2. The van der Waals surface area contributed by atoms with Gasteiger partial charge in [-0.3, -0.25) is 0 Å². The fraction of sp³-hybridized carbons (Fsp3) is 0.176. The van der Waals surface area contributed by atoms with Crippen molar-refractivity contribution in [3.8, 4) is 17.4 Å². The predicted molar refractivity (Wildman–Crippen MR) is 81.7 cm³/mol. The van der Waals surface area contributed by atoms with E-state index in [1.807, 2.05) is 30.3 Å². The van der Waals surface area contributed by atoms with Crippen molar-refractivity contribution in [3.05, 3.63) is 54.5 Å². The Morgan fingerprint density at radius 3 is 2.71 bits per heavy atom. The molecule has 0 aliphatic carbocycles. The van der Waals surface area contributed by atoms with Crippen LogP contribution >= 0.6 is 0 Å². The van der Waals surface area contributed by atoms with Crippen LogP contribution in [0.4, 0.5) is 0 Å². The Morgan fingerprint density at radius 2 is 1.86 bits per heavy atom. The minimum absolute atomic E-state index is 0.243. The van der Waals surface area contributed by atoms with Crippen molar-refractivity contribution in [3.63, 3.8) is 0 Å². The first-order chi connectivity index (χ1) is 10.2. The van der Waals surface area contributed by atoms with Gasteiger partial charge in [-0.25, -0.2) is 9.97 Å². The van der Waals surface area contributed by atoms with Gasteiger partial charge in [-0.2, -0.15) is 0 Å². The number of hydrogen-bond acceptors (Lipinski definition) is 4. The van der Waals surface area contributed by atoms with E-state index in [2.05, 4.69) is 16.9 Å². The monoisotopic (exact) mass is 280 g/mol. The Labute approximate surface area is 123 Å². The summed E-state index contributed by atoms with van der Waals surface area (Å²) in [6.45, 7) is 2.11. The van der Waals surface area contributed by atoms with Crippen LogP contribution in [0.5, 0.6) is 17.4 Å². The SMILES string of the molecule is CCCc1cc(Oc2ccc3ccc(O)cc3c2)ncn1. The van der Waals surface area contributed by atoms with Crippen LogP contribution < -0.4 is 4.74 Å². The molecular formula is C17H16N2O2. The molecule has 0 amide bonds. The highest BCUT2D eigenvalue weighted by molar-refractivity contribution is 5.85. The molecular weight excluding hydrogens is 264 g/mol. The Morgan fingerprint density at radius 1 is 1.00 bits per heavy atom. The van der Waals surface area contributed by atoms with Gasteiger partial charge in [-0.05, 0) is 41.5 Å². The van der Waals surface area contributed by atoms with E-state index in [-0.39, 0.29) is 5.75 Å². The van der Waals surface area contributed by atoms with Crippen LogP contribution in [-0.4, -0.2) is 15.1 Å². The summed E-state index contributed by atoms with van der Waals surface area (Å²) in [5.41, 5.74) is 0.973. The van der Waals surface area contributed by atoms with Gasteiger partial charge < -0.3 is 9.84 Å². The maximum atomic E-state index is 9.54. The molecule has 0 atom stereocenters. The van der Waals surface area contributed by atoms with Crippen LogP contribution in [0.25, 0.3) is 10.8 Å². The van der Waals surface area contributed by atoms with Crippen molar-refractivity contribution in [1.82, 2.24) is 9.97 Å². The normalized spacial score (nSPS) is 10.7. The first kappa shape index (κ1) is 13.4. The fourth-order valence-electron chi connectivity index (χ4n) is 2.22. The lowest BCUT2D eigenvalue weighted by Gasteiger charge is -2.07. The largest absolute Gasteiger partial charge is 0.508 e. The lowest BCUT2D eigenvalue weighted by atomic mass is 10.1. The van der Waals surface area contributed by atoms with Crippen molar-refractivity contribution in [2.75, 3.05) is 0 Å². The minimum atomic E-state index is 0.243. The number of aromatic nitrogens is 2. The smallest absolute Gasteiger partial charge is 0.222 e. The van der Waals surface area contributed by atoms with E-state index in [1.54, 1.807) is 12.1 Å². The number of nitrogens with zero attached hydrogens (tertiary/aromatic N) is 2. The van der Waals surface area contributed by atoms with E-state index in [1.165, 1.54) is 6.33 Å². The zero-order chi connectivity index (χ0) is 14.7. The average Bonchev–Trinajstić information content (AvgIpc) is 2.47. The topological polar surface area (TPSA) is 55.2 Å². The second-order valence-corrected chi connectivity index (χ2v) is 4.89. The molecule has 21 heavy (non-hydrogen) atoms. The van der Waals surface area contributed by atoms with Gasteiger partial charge in [-0.15, -0.1) is 0 Å². The highest BCUT2D eigenvalue weighted by atomic mass is 16.5. The fourth-order valence-corrected chi connectivity index (χ4v) is 2.22. The molecule has 1 aromatic heterocycles. The summed E-state index contributed by atoms with van der Waals surface area (Å²) >= 11 is 0. The number of aromatic hydroxyl groups is 1. The summed E-state index contributed by atoms with van der Waals surface area (Å²) in [6.07, 6.45) is 3.46. The number of aryl methyl sites for hydroxylation is 1. The van der Waals surface area contributed by atoms with Gasteiger partial charge in [-0.1, -0.05) is 25.5 Å². The summed E-state index contributed by atoms with van der Waals surface area (Å²) in [5.74, 6) is 1.47. The van der Waals surface area contributed by atoms with E-state index in [0.29, 0.717) is 11.6 Å². The summed E-state index contributed by atoms with van der Waals surface area (Å²) in [7, 11) is 0. The Balaban J connectivity index is 1.88. The minimum Gasteiger partial charge on any atom is -0.508 e. The summed E-state index contributed by atoms with van der Waals surface area (Å²) < 4.78 is 5.78. The molecule has 1 heterocycles. The van der Waals surface area contributed by atoms with Gasteiger partial charge in [0.1, 0.15) is 17.8 Å². The van der Waals surface area contributed by atoms with Gasteiger partial charge in [0.15, 0.2) is 0 Å². The zero-order valence-corrected chi connectivity index (χ0v) is 11.8. The summed E-state index contributed by atoms with van der Waals surface area (Å²) in [6, 6.07) is 12.8.